The molecule has 3 aromatic carbocycles. The van der Waals surface area contributed by atoms with Crippen LogP contribution in [0.15, 0.2) is 72.9 Å². The van der Waals surface area contributed by atoms with Gasteiger partial charge in [-0.3, -0.25) is 4.79 Å². The molecule has 1 amide bonds. The van der Waals surface area contributed by atoms with Crippen LogP contribution in [0.5, 0.6) is 0 Å². The number of nitrogens with one attached hydrogen (secondary N) is 1. The Morgan fingerprint density at radius 1 is 1.03 bits per heavy atom. The van der Waals surface area contributed by atoms with E-state index in [0.29, 0.717) is 24.6 Å². The molecule has 5 aromatic rings. The predicted octanol–water partition coefficient (Wildman–Crippen LogP) is 6.26. The van der Waals surface area contributed by atoms with Crippen molar-refractivity contribution in [3.05, 3.63) is 98.8 Å². The Morgan fingerprint density at radius 3 is 2.56 bits per heavy atom. The average molecular weight is 586 g/mol. The monoisotopic (exact) mass is 586 g/mol. The number of pyridine rings is 1. The van der Waals surface area contributed by atoms with Crippen LogP contribution in [0, 0.1) is 3.57 Å². The minimum absolute atomic E-state index is 0.104. The molecule has 1 fully saturated rings. The van der Waals surface area contributed by atoms with Crippen molar-refractivity contribution in [1.82, 2.24) is 14.9 Å². The highest BCUT2D eigenvalue weighted by Crippen LogP contribution is 2.42. The Kier molecular flexibility index (Phi) is 6.01. The molecule has 5 nitrogen and oxygen atoms in total. The molecular formula is C30H27IN4O. The smallest absolute Gasteiger partial charge is 0.252 e. The minimum atomic E-state index is -0.104. The molecular weight excluding hydrogens is 559 g/mol. The van der Waals surface area contributed by atoms with Crippen LogP contribution in [0.2, 0.25) is 0 Å². The minimum Gasteiger partial charge on any atom is -0.350 e. The van der Waals surface area contributed by atoms with E-state index in [1.54, 1.807) is 0 Å². The second kappa shape index (κ2) is 9.33. The topological polar surface area (TPSA) is 72.9 Å². The van der Waals surface area contributed by atoms with Gasteiger partial charge in [0.2, 0.25) is 0 Å². The van der Waals surface area contributed by atoms with Crippen molar-refractivity contribution < 1.29 is 4.79 Å². The summed E-state index contributed by atoms with van der Waals surface area (Å²) in [5.41, 5.74) is 13.7. The molecule has 0 unspecified atom stereocenters. The average Bonchev–Trinajstić information content (AvgIpc) is 3.70. The van der Waals surface area contributed by atoms with E-state index < -0.39 is 0 Å². The number of hydrogen-bond donors (Lipinski definition) is 2. The van der Waals surface area contributed by atoms with Gasteiger partial charge >= 0.3 is 0 Å². The van der Waals surface area contributed by atoms with Gasteiger partial charge in [0, 0.05) is 51.8 Å². The van der Waals surface area contributed by atoms with Gasteiger partial charge in [0.05, 0.1) is 16.8 Å². The normalized spacial score (nSPS) is 13.4. The van der Waals surface area contributed by atoms with Gasteiger partial charge in [-0.1, -0.05) is 30.3 Å². The highest BCUT2D eigenvalue weighted by atomic mass is 127. The summed E-state index contributed by atoms with van der Waals surface area (Å²) in [6.45, 7) is 0.957. The fourth-order valence-corrected chi connectivity index (χ4v) is 5.37. The molecule has 6 heteroatoms. The summed E-state index contributed by atoms with van der Waals surface area (Å²) in [4.78, 5) is 18.5. The Morgan fingerprint density at radius 2 is 1.81 bits per heavy atom. The maximum Gasteiger partial charge on any atom is 0.252 e. The van der Waals surface area contributed by atoms with E-state index in [1.807, 2.05) is 48.5 Å². The number of aromatic nitrogens is 2. The molecule has 2 aromatic heterocycles. The Bertz CT molecular complexity index is 1620. The van der Waals surface area contributed by atoms with E-state index in [-0.39, 0.29) is 5.91 Å². The molecule has 0 atom stereocenters. The van der Waals surface area contributed by atoms with Crippen molar-refractivity contribution >= 4 is 50.3 Å². The third kappa shape index (κ3) is 4.40. The first-order valence-corrected chi connectivity index (χ1v) is 13.3. The van der Waals surface area contributed by atoms with Gasteiger partial charge in [0.25, 0.3) is 5.91 Å². The summed E-state index contributed by atoms with van der Waals surface area (Å²) in [6, 6.07) is 22.8. The molecule has 1 aliphatic carbocycles. The fourth-order valence-electron chi connectivity index (χ4n) is 4.88. The van der Waals surface area contributed by atoms with Crippen molar-refractivity contribution in [2.75, 3.05) is 0 Å². The van der Waals surface area contributed by atoms with Crippen LogP contribution in [0.4, 0.5) is 0 Å². The van der Waals surface area contributed by atoms with Crippen LogP contribution in [0.3, 0.4) is 0 Å². The number of carbonyl (C=O) groups is 1. The van der Waals surface area contributed by atoms with Gasteiger partial charge < -0.3 is 15.6 Å². The van der Waals surface area contributed by atoms with E-state index in [1.165, 1.54) is 29.3 Å². The molecule has 2 heterocycles. The number of aryl methyl sites for hydroxylation is 1. The molecule has 0 radical (unpaired) electrons. The zero-order valence-corrected chi connectivity index (χ0v) is 22.2. The van der Waals surface area contributed by atoms with Crippen molar-refractivity contribution in [1.29, 1.82) is 0 Å². The van der Waals surface area contributed by atoms with Gasteiger partial charge in [-0.2, -0.15) is 0 Å². The lowest BCUT2D eigenvalue weighted by atomic mass is 10.0. The van der Waals surface area contributed by atoms with E-state index in [9.17, 15) is 4.79 Å². The van der Waals surface area contributed by atoms with Crippen LogP contribution < -0.4 is 11.1 Å². The first-order chi connectivity index (χ1) is 17.5. The lowest BCUT2D eigenvalue weighted by Crippen LogP contribution is -2.23. The molecule has 0 saturated heterocycles. The van der Waals surface area contributed by atoms with Crippen LogP contribution >= 0.6 is 22.6 Å². The highest BCUT2D eigenvalue weighted by molar-refractivity contribution is 14.1. The number of rotatable bonds is 6. The Labute approximate surface area is 223 Å². The molecule has 1 aliphatic rings. The van der Waals surface area contributed by atoms with Crippen LogP contribution in [-0.2, 0) is 20.1 Å². The zero-order chi connectivity index (χ0) is 24.8. The quantitative estimate of drug-likeness (QED) is 0.231. The molecule has 0 spiro atoms. The summed E-state index contributed by atoms with van der Waals surface area (Å²) in [5.74, 6) is 0.571. The number of hydrogen-bond acceptors (Lipinski definition) is 3. The zero-order valence-electron chi connectivity index (χ0n) is 20.1. The molecule has 36 heavy (non-hydrogen) atoms. The maximum absolute atomic E-state index is 13.5. The van der Waals surface area contributed by atoms with Crippen molar-refractivity contribution in [3.63, 3.8) is 0 Å². The molecule has 3 N–H and O–H groups in total. The first-order valence-electron chi connectivity index (χ1n) is 12.3. The highest BCUT2D eigenvalue weighted by Gasteiger charge is 2.24. The summed E-state index contributed by atoms with van der Waals surface area (Å²) in [7, 11) is 2.07. The van der Waals surface area contributed by atoms with Crippen molar-refractivity contribution in [3.8, 4) is 11.3 Å². The second-order valence-electron chi connectivity index (χ2n) is 9.62. The van der Waals surface area contributed by atoms with E-state index in [0.717, 1.165) is 36.9 Å². The first kappa shape index (κ1) is 23.2. The van der Waals surface area contributed by atoms with Gasteiger partial charge in [-0.15, -0.1) is 0 Å². The number of fused-ring (bicyclic) bond motifs is 2. The SMILES string of the molecule is Cn1cc(-c2cc(C(=O)NCc3ccc(CN)cc3)c3cc(I)ccc3n2)c2cc(C3CC3)ccc21. The number of amides is 1. The predicted molar refractivity (Wildman–Crippen MR) is 154 cm³/mol. The fraction of sp³-hybridized carbons (Fsp3) is 0.200. The van der Waals surface area contributed by atoms with Crippen LogP contribution in [0.25, 0.3) is 33.1 Å². The van der Waals surface area contributed by atoms with E-state index in [2.05, 4.69) is 63.9 Å². The van der Waals surface area contributed by atoms with Gasteiger partial charge in [0.1, 0.15) is 0 Å². The van der Waals surface area contributed by atoms with E-state index in [4.69, 9.17) is 10.7 Å². The lowest BCUT2D eigenvalue weighted by Gasteiger charge is -2.11. The van der Waals surface area contributed by atoms with Crippen molar-refractivity contribution in [2.45, 2.75) is 31.8 Å². The number of nitrogens with two attached hydrogens (primary N) is 1. The maximum atomic E-state index is 13.5. The van der Waals surface area contributed by atoms with Crippen LogP contribution in [-0.4, -0.2) is 15.5 Å². The Balaban J connectivity index is 1.42. The van der Waals surface area contributed by atoms with Crippen LogP contribution in [0.1, 0.15) is 45.8 Å². The lowest BCUT2D eigenvalue weighted by molar-refractivity contribution is 0.0952. The van der Waals surface area contributed by atoms with Gasteiger partial charge in [-0.05, 0) is 94.4 Å². The Hall–Kier alpha value is -3.23. The second-order valence-corrected chi connectivity index (χ2v) is 10.9. The summed E-state index contributed by atoms with van der Waals surface area (Å²) in [5, 5.41) is 5.16. The summed E-state index contributed by atoms with van der Waals surface area (Å²) in [6.07, 6.45) is 4.66. The number of benzene rings is 3. The molecule has 6 rings (SSSR count). The van der Waals surface area contributed by atoms with Gasteiger partial charge in [-0.25, -0.2) is 4.98 Å². The summed E-state index contributed by atoms with van der Waals surface area (Å²) < 4.78 is 3.21. The van der Waals surface area contributed by atoms with E-state index >= 15 is 0 Å². The number of carbonyl (C=O) groups excluding carboxylic acids is 1. The largest absolute Gasteiger partial charge is 0.350 e. The molecule has 1 saturated carbocycles. The third-order valence-electron chi connectivity index (χ3n) is 7.07. The van der Waals surface area contributed by atoms with Gasteiger partial charge in [0.15, 0.2) is 0 Å². The molecule has 0 bridgehead atoms. The number of nitrogens with zero attached hydrogens (tertiary/aromatic N) is 2. The summed E-state index contributed by atoms with van der Waals surface area (Å²) >= 11 is 2.28. The standard InChI is InChI=1S/C30H27IN4O/c1-35-17-26(24-12-21(20-6-7-20)8-11-29(24)35)28-14-25(23-13-22(31)9-10-27(23)34-28)30(36)33-16-19-4-2-18(15-32)3-5-19/h2-5,8-14,17,20H,6-7,15-16,32H2,1H3,(H,33,36). The van der Waals surface area contributed by atoms with Crippen molar-refractivity contribution in [2.24, 2.45) is 12.8 Å². The molecule has 0 aliphatic heterocycles. The molecule has 180 valence electrons. The number of halogens is 1. The third-order valence-corrected chi connectivity index (χ3v) is 7.74.